The Hall–Kier alpha value is -2.11. The molecule has 0 atom stereocenters. The van der Waals surface area contributed by atoms with E-state index >= 15 is 0 Å². The lowest BCUT2D eigenvalue weighted by atomic mass is 10.1. The highest BCUT2D eigenvalue weighted by Gasteiger charge is 2.06. The zero-order valence-electron chi connectivity index (χ0n) is 15.0. The van der Waals surface area contributed by atoms with Crippen LogP contribution in [0.5, 0.6) is 11.5 Å². The number of hydrogen-bond acceptors (Lipinski definition) is 4. The maximum atomic E-state index is 5.82. The van der Waals surface area contributed by atoms with Gasteiger partial charge < -0.3 is 14.2 Å². The fourth-order valence-electron chi connectivity index (χ4n) is 2.79. The van der Waals surface area contributed by atoms with Crippen molar-refractivity contribution in [1.82, 2.24) is 4.98 Å². The summed E-state index contributed by atoms with van der Waals surface area (Å²) >= 11 is 3.55. The van der Waals surface area contributed by atoms with Crippen molar-refractivity contribution in [3.63, 3.8) is 0 Å². The zero-order chi connectivity index (χ0) is 18.4. The Morgan fingerprint density at radius 1 is 0.923 bits per heavy atom. The van der Waals surface area contributed by atoms with Crippen LogP contribution in [0.4, 0.5) is 0 Å². The van der Waals surface area contributed by atoms with Crippen molar-refractivity contribution in [2.24, 2.45) is 0 Å². The van der Waals surface area contributed by atoms with Crippen molar-refractivity contribution in [3.05, 3.63) is 64.3 Å². The highest BCUT2D eigenvalue weighted by atomic mass is 79.9. The van der Waals surface area contributed by atoms with E-state index in [9.17, 15) is 0 Å². The number of halogens is 1. The van der Waals surface area contributed by atoms with Gasteiger partial charge in [0.1, 0.15) is 30.2 Å². The largest absolute Gasteiger partial charge is 0.490 e. The van der Waals surface area contributed by atoms with Crippen LogP contribution in [0.25, 0.3) is 10.9 Å². The Kier molecular flexibility index (Phi) is 6.47. The van der Waals surface area contributed by atoms with E-state index in [1.54, 1.807) is 6.20 Å². The van der Waals surface area contributed by atoms with Crippen LogP contribution in [-0.4, -0.2) is 31.4 Å². The van der Waals surface area contributed by atoms with Gasteiger partial charge in [0.25, 0.3) is 0 Å². The Labute approximate surface area is 162 Å². The molecule has 26 heavy (non-hydrogen) atoms. The number of benzene rings is 2. The monoisotopic (exact) mass is 415 g/mol. The van der Waals surface area contributed by atoms with Crippen molar-refractivity contribution in [2.75, 3.05) is 26.4 Å². The van der Waals surface area contributed by atoms with Crippen LogP contribution in [0, 0.1) is 13.8 Å². The highest BCUT2D eigenvalue weighted by molar-refractivity contribution is 9.10. The normalized spacial score (nSPS) is 10.9. The Morgan fingerprint density at radius 2 is 1.69 bits per heavy atom. The number of rotatable bonds is 8. The number of fused-ring (bicyclic) bond motifs is 1. The summed E-state index contributed by atoms with van der Waals surface area (Å²) in [5.41, 5.74) is 3.19. The molecule has 0 N–H and O–H groups in total. The lowest BCUT2D eigenvalue weighted by Crippen LogP contribution is -2.12. The minimum Gasteiger partial charge on any atom is -0.490 e. The molecule has 0 aliphatic heterocycles. The van der Waals surface area contributed by atoms with Crippen molar-refractivity contribution >= 4 is 26.8 Å². The predicted molar refractivity (Wildman–Crippen MR) is 107 cm³/mol. The fraction of sp³-hybridized carbons (Fsp3) is 0.286. The standard InChI is InChI=1S/C21H22BrNO3/c1-15-13-16(2)21(18(22)14-15)26-12-10-24-9-11-25-19-7-3-5-17-6-4-8-23-20(17)19/h3-8,13-14H,9-12H2,1-2H3. The van der Waals surface area contributed by atoms with Gasteiger partial charge in [-0.25, -0.2) is 0 Å². The van der Waals surface area contributed by atoms with Gasteiger partial charge in [0, 0.05) is 11.6 Å². The molecular formula is C21H22BrNO3. The summed E-state index contributed by atoms with van der Waals surface area (Å²) in [6, 6.07) is 14.0. The molecule has 0 spiro atoms. The maximum absolute atomic E-state index is 5.82. The van der Waals surface area contributed by atoms with Gasteiger partial charge in [-0.2, -0.15) is 0 Å². The first-order valence-electron chi connectivity index (χ1n) is 8.59. The number of aryl methyl sites for hydroxylation is 2. The molecule has 0 aliphatic carbocycles. The Morgan fingerprint density at radius 3 is 2.50 bits per heavy atom. The van der Waals surface area contributed by atoms with Crippen LogP contribution in [-0.2, 0) is 4.74 Å². The molecule has 1 heterocycles. The van der Waals surface area contributed by atoms with E-state index in [0.29, 0.717) is 26.4 Å². The molecule has 0 radical (unpaired) electrons. The molecule has 3 rings (SSSR count). The van der Waals surface area contributed by atoms with E-state index in [1.807, 2.05) is 37.3 Å². The molecule has 0 amide bonds. The first-order chi connectivity index (χ1) is 12.6. The van der Waals surface area contributed by atoms with Crippen LogP contribution in [0.15, 0.2) is 53.1 Å². The van der Waals surface area contributed by atoms with E-state index < -0.39 is 0 Å². The van der Waals surface area contributed by atoms with Crippen LogP contribution in [0.1, 0.15) is 11.1 Å². The third-order valence-electron chi connectivity index (χ3n) is 3.93. The zero-order valence-corrected chi connectivity index (χ0v) is 16.6. The second-order valence-electron chi connectivity index (χ2n) is 6.03. The quantitative estimate of drug-likeness (QED) is 0.480. The minimum absolute atomic E-state index is 0.475. The molecule has 0 saturated heterocycles. The summed E-state index contributed by atoms with van der Waals surface area (Å²) in [6.45, 7) is 6.09. The summed E-state index contributed by atoms with van der Waals surface area (Å²) in [7, 11) is 0. The number of ether oxygens (including phenoxy) is 3. The summed E-state index contributed by atoms with van der Waals surface area (Å²) < 4.78 is 18.2. The van der Waals surface area contributed by atoms with Crippen LogP contribution >= 0.6 is 15.9 Å². The molecule has 0 fully saturated rings. The lowest BCUT2D eigenvalue weighted by Gasteiger charge is -2.13. The summed E-state index contributed by atoms with van der Waals surface area (Å²) in [5.74, 6) is 1.65. The van der Waals surface area contributed by atoms with Crippen LogP contribution in [0.2, 0.25) is 0 Å². The highest BCUT2D eigenvalue weighted by Crippen LogP contribution is 2.30. The molecular weight excluding hydrogens is 394 g/mol. The summed E-state index contributed by atoms with van der Waals surface area (Å²) in [4.78, 5) is 4.38. The van der Waals surface area contributed by atoms with E-state index in [1.165, 1.54) is 5.56 Å². The number of aromatic nitrogens is 1. The molecule has 0 unspecified atom stereocenters. The van der Waals surface area contributed by atoms with Gasteiger partial charge in [0.05, 0.1) is 17.7 Å². The molecule has 0 bridgehead atoms. The second-order valence-corrected chi connectivity index (χ2v) is 6.89. The van der Waals surface area contributed by atoms with Crippen molar-refractivity contribution in [2.45, 2.75) is 13.8 Å². The third kappa shape index (κ3) is 4.74. The summed E-state index contributed by atoms with van der Waals surface area (Å²) in [6.07, 6.45) is 1.77. The van der Waals surface area contributed by atoms with E-state index in [-0.39, 0.29) is 0 Å². The first-order valence-corrected chi connectivity index (χ1v) is 9.38. The molecule has 2 aromatic carbocycles. The van der Waals surface area contributed by atoms with Crippen molar-refractivity contribution in [1.29, 1.82) is 0 Å². The van der Waals surface area contributed by atoms with Gasteiger partial charge >= 0.3 is 0 Å². The number of hydrogen-bond donors (Lipinski definition) is 0. The predicted octanol–water partition coefficient (Wildman–Crippen LogP) is 5.09. The SMILES string of the molecule is Cc1cc(C)c(OCCOCCOc2cccc3cccnc23)c(Br)c1. The van der Waals surface area contributed by atoms with Crippen molar-refractivity contribution in [3.8, 4) is 11.5 Å². The Bertz CT molecular complexity index is 854. The molecule has 0 aliphatic rings. The van der Waals surface area contributed by atoms with E-state index in [2.05, 4.69) is 40.0 Å². The average Bonchev–Trinajstić information content (AvgIpc) is 2.62. The fourth-order valence-corrected chi connectivity index (χ4v) is 3.58. The summed E-state index contributed by atoms with van der Waals surface area (Å²) in [5, 5.41) is 1.07. The number of nitrogens with zero attached hydrogens (tertiary/aromatic N) is 1. The lowest BCUT2D eigenvalue weighted by molar-refractivity contribution is 0.0764. The molecule has 4 nitrogen and oxygen atoms in total. The van der Waals surface area contributed by atoms with Crippen LogP contribution < -0.4 is 9.47 Å². The van der Waals surface area contributed by atoms with Crippen LogP contribution in [0.3, 0.4) is 0 Å². The van der Waals surface area contributed by atoms with Crippen molar-refractivity contribution < 1.29 is 14.2 Å². The molecule has 3 aromatic rings. The average molecular weight is 416 g/mol. The smallest absolute Gasteiger partial charge is 0.145 e. The third-order valence-corrected chi connectivity index (χ3v) is 4.52. The molecule has 1 aromatic heterocycles. The topological polar surface area (TPSA) is 40.6 Å². The number of pyridine rings is 1. The van der Waals surface area contributed by atoms with Gasteiger partial charge in [-0.15, -0.1) is 0 Å². The van der Waals surface area contributed by atoms with E-state index in [4.69, 9.17) is 14.2 Å². The van der Waals surface area contributed by atoms with Gasteiger partial charge in [-0.3, -0.25) is 4.98 Å². The van der Waals surface area contributed by atoms with E-state index in [0.717, 1.165) is 32.4 Å². The molecule has 136 valence electrons. The molecule has 0 saturated carbocycles. The van der Waals surface area contributed by atoms with Gasteiger partial charge in [-0.1, -0.05) is 24.3 Å². The first kappa shape index (κ1) is 18.7. The van der Waals surface area contributed by atoms with Gasteiger partial charge in [-0.05, 0) is 59.1 Å². The second kappa shape index (κ2) is 9.01. The van der Waals surface area contributed by atoms with Gasteiger partial charge in [0.2, 0.25) is 0 Å². The van der Waals surface area contributed by atoms with Gasteiger partial charge in [0.15, 0.2) is 0 Å². The Balaban J connectivity index is 1.40. The minimum atomic E-state index is 0.475. The molecule has 5 heteroatoms. The maximum Gasteiger partial charge on any atom is 0.145 e. The number of para-hydroxylation sites is 1.